The molecule has 94 valence electrons. The molecule has 0 unspecified atom stereocenters. The molecule has 1 heterocycles. The molecular formula is C12H18FN3O. The van der Waals surface area contributed by atoms with E-state index in [-0.39, 0.29) is 17.2 Å². The summed E-state index contributed by atoms with van der Waals surface area (Å²) in [5.41, 5.74) is 0.312. The Morgan fingerprint density at radius 2 is 2.24 bits per heavy atom. The van der Waals surface area contributed by atoms with Crippen LogP contribution in [0, 0.1) is 5.82 Å². The van der Waals surface area contributed by atoms with Gasteiger partial charge in [0.05, 0.1) is 11.3 Å². The van der Waals surface area contributed by atoms with Crippen LogP contribution in [-0.4, -0.2) is 29.2 Å². The Bertz CT molecular complexity index is 388. The lowest BCUT2D eigenvalue weighted by Gasteiger charge is -2.40. The van der Waals surface area contributed by atoms with Gasteiger partial charge in [-0.2, -0.15) is 0 Å². The minimum atomic E-state index is -0.347. The Hall–Kier alpha value is -1.23. The van der Waals surface area contributed by atoms with E-state index in [4.69, 9.17) is 4.74 Å². The Morgan fingerprint density at radius 1 is 1.47 bits per heavy atom. The molecule has 0 saturated heterocycles. The number of anilines is 1. The molecule has 0 aliphatic heterocycles. The fraction of sp³-hybridized carbons (Fsp3) is 0.667. The van der Waals surface area contributed by atoms with Crippen molar-refractivity contribution in [2.75, 3.05) is 19.0 Å². The topological polar surface area (TPSA) is 47.0 Å². The number of hydrogen-bond donors (Lipinski definition) is 1. The number of halogens is 1. The molecule has 0 atom stereocenters. The first-order valence-electron chi connectivity index (χ1n) is 5.99. The summed E-state index contributed by atoms with van der Waals surface area (Å²) in [5, 5.41) is 3.03. The summed E-state index contributed by atoms with van der Waals surface area (Å²) >= 11 is 0. The summed E-state index contributed by atoms with van der Waals surface area (Å²) < 4.78 is 19.3. The summed E-state index contributed by atoms with van der Waals surface area (Å²) in [4.78, 5) is 7.83. The van der Waals surface area contributed by atoms with Crippen molar-refractivity contribution in [3.63, 3.8) is 0 Å². The first kappa shape index (κ1) is 12.2. The highest BCUT2D eigenvalue weighted by Crippen LogP contribution is 2.35. The number of ether oxygens (including phenoxy) is 1. The highest BCUT2D eigenvalue weighted by molar-refractivity contribution is 5.37. The first-order valence-corrected chi connectivity index (χ1v) is 5.99. The average molecular weight is 239 g/mol. The number of hydrogen-bond acceptors (Lipinski definition) is 4. The number of rotatable bonds is 5. The smallest absolute Gasteiger partial charge is 0.186 e. The zero-order valence-corrected chi connectivity index (χ0v) is 10.3. The molecule has 0 aromatic carbocycles. The van der Waals surface area contributed by atoms with Gasteiger partial charge in [0.25, 0.3) is 0 Å². The van der Waals surface area contributed by atoms with E-state index in [1.165, 1.54) is 12.7 Å². The summed E-state index contributed by atoms with van der Waals surface area (Å²) in [5.74, 6) is -0.0687. The van der Waals surface area contributed by atoms with Gasteiger partial charge in [-0.3, -0.25) is 0 Å². The molecule has 1 aromatic rings. The zero-order chi connectivity index (χ0) is 12.3. The van der Waals surface area contributed by atoms with Crippen molar-refractivity contribution in [3.8, 4) is 0 Å². The number of methoxy groups -OCH3 is 1. The van der Waals surface area contributed by atoms with E-state index in [0.29, 0.717) is 18.7 Å². The van der Waals surface area contributed by atoms with E-state index >= 15 is 0 Å². The lowest BCUT2D eigenvalue weighted by atomic mass is 9.80. The Balaban J connectivity index is 2.04. The number of nitrogens with zero attached hydrogens (tertiary/aromatic N) is 2. The zero-order valence-electron chi connectivity index (χ0n) is 10.3. The fourth-order valence-corrected chi connectivity index (χ4v) is 2.05. The van der Waals surface area contributed by atoms with Crippen molar-refractivity contribution < 1.29 is 9.13 Å². The highest BCUT2D eigenvalue weighted by atomic mass is 19.1. The molecule has 5 heteroatoms. The van der Waals surface area contributed by atoms with Gasteiger partial charge in [-0.1, -0.05) is 6.92 Å². The Morgan fingerprint density at radius 3 is 2.76 bits per heavy atom. The lowest BCUT2D eigenvalue weighted by molar-refractivity contribution is -0.0602. The van der Waals surface area contributed by atoms with Crippen LogP contribution < -0.4 is 5.32 Å². The Kier molecular flexibility index (Phi) is 3.57. The van der Waals surface area contributed by atoms with E-state index in [9.17, 15) is 4.39 Å². The molecule has 0 bridgehead atoms. The van der Waals surface area contributed by atoms with Gasteiger partial charge in [-0.15, -0.1) is 0 Å². The predicted octanol–water partition coefficient (Wildman–Crippen LogP) is 2.16. The number of aryl methyl sites for hydroxylation is 1. The van der Waals surface area contributed by atoms with Gasteiger partial charge in [0.2, 0.25) is 0 Å². The second-order valence-corrected chi connectivity index (χ2v) is 4.43. The number of aromatic nitrogens is 2. The molecular weight excluding hydrogens is 221 g/mol. The van der Waals surface area contributed by atoms with Crippen molar-refractivity contribution >= 4 is 5.82 Å². The van der Waals surface area contributed by atoms with Crippen molar-refractivity contribution in [3.05, 3.63) is 17.8 Å². The van der Waals surface area contributed by atoms with E-state index in [0.717, 1.165) is 12.8 Å². The van der Waals surface area contributed by atoms with Crippen molar-refractivity contribution in [1.29, 1.82) is 0 Å². The maximum atomic E-state index is 13.8. The normalized spacial score (nSPS) is 17.6. The maximum Gasteiger partial charge on any atom is 0.186 e. The van der Waals surface area contributed by atoms with Gasteiger partial charge in [-0.05, 0) is 25.7 Å². The molecule has 1 aliphatic carbocycles. The molecule has 0 amide bonds. The maximum absolute atomic E-state index is 13.8. The molecule has 1 aliphatic rings. The second kappa shape index (κ2) is 4.96. The van der Waals surface area contributed by atoms with E-state index in [1.54, 1.807) is 7.11 Å². The van der Waals surface area contributed by atoms with E-state index in [1.807, 2.05) is 6.92 Å². The van der Waals surface area contributed by atoms with Crippen LogP contribution in [0.15, 0.2) is 6.33 Å². The van der Waals surface area contributed by atoms with Gasteiger partial charge in [0.1, 0.15) is 6.33 Å². The summed E-state index contributed by atoms with van der Waals surface area (Å²) in [6.07, 6.45) is 5.17. The third-order valence-corrected chi connectivity index (χ3v) is 3.47. The van der Waals surface area contributed by atoms with Gasteiger partial charge in [-0.25, -0.2) is 14.4 Å². The molecule has 17 heavy (non-hydrogen) atoms. The van der Waals surface area contributed by atoms with Crippen molar-refractivity contribution in [1.82, 2.24) is 9.97 Å². The van der Waals surface area contributed by atoms with Crippen molar-refractivity contribution in [2.45, 2.75) is 38.2 Å². The van der Waals surface area contributed by atoms with Gasteiger partial charge >= 0.3 is 0 Å². The summed E-state index contributed by atoms with van der Waals surface area (Å²) in [6, 6.07) is 0. The van der Waals surface area contributed by atoms with Gasteiger partial charge < -0.3 is 10.1 Å². The van der Waals surface area contributed by atoms with Crippen LogP contribution in [0.25, 0.3) is 0 Å². The van der Waals surface area contributed by atoms with Crippen LogP contribution in [0.4, 0.5) is 10.2 Å². The van der Waals surface area contributed by atoms with Gasteiger partial charge in [0.15, 0.2) is 11.6 Å². The summed E-state index contributed by atoms with van der Waals surface area (Å²) in [6.45, 7) is 2.47. The Labute approximate surface area is 101 Å². The molecule has 0 radical (unpaired) electrons. The minimum absolute atomic E-state index is 0.135. The molecule has 1 aromatic heterocycles. The highest BCUT2D eigenvalue weighted by Gasteiger charge is 2.37. The second-order valence-electron chi connectivity index (χ2n) is 4.43. The van der Waals surface area contributed by atoms with Crippen LogP contribution >= 0.6 is 0 Å². The average Bonchev–Trinajstić information content (AvgIpc) is 2.30. The standard InChI is InChI=1S/C12H18FN3O/c1-3-9-10(13)11(16-8-15-9)14-7-12(17-2)5-4-6-12/h8H,3-7H2,1-2H3,(H,14,15,16). The third kappa shape index (κ3) is 2.39. The minimum Gasteiger partial charge on any atom is -0.376 e. The van der Waals surface area contributed by atoms with Crippen LogP contribution in [-0.2, 0) is 11.2 Å². The molecule has 4 nitrogen and oxygen atoms in total. The largest absolute Gasteiger partial charge is 0.376 e. The molecule has 1 saturated carbocycles. The van der Waals surface area contributed by atoms with Crippen molar-refractivity contribution in [2.24, 2.45) is 0 Å². The van der Waals surface area contributed by atoms with E-state index in [2.05, 4.69) is 15.3 Å². The molecule has 0 spiro atoms. The van der Waals surface area contributed by atoms with Crippen LogP contribution in [0.3, 0.4) is 0 Å². The first-order chi connectivity index (χ1) is 8.21. The molecule has 1 fully saturated rings. The van der Waals surface area contributed by atoms with Gasteiger partial charge in [0, 0.05) is 13.7 Å². The number of nitrogens with one attached hydrogen (secondary N) is 1. The third-order valence-electron chi connectivity index (χ3n) is 3.47. The fourth-order valence-electron chi connectivity index (χ4n) is 2.05. The monoisotopic (exact) mass is 239 g/mol. The summed E-state index contributed by atoms with van der Waals surface area (Å²) in [7, 11) is 1.70. The van der Waals surface area contributed by atoms with E-state index < -0.39 is 0 Å². The SMILES string of the molecule is CCc1ncnc(NCC2(OC)CCC2)c1F. The predicted molar refractivity (Wildman–Crippen MR) is 63.4 cm³/mol. The van der Waals surface area contributed by atoms with Crippen LogP contribution in [0.2, 0.25) is 0 Å². The van der Waals surface area contributed by atoms with Crippen LogP contribution in [0.5, 0.6) is 0 Å². The lowest BCUT2D eigenvalue weighted by Crippen LogP contribution is -2.45. The van der Waals surface area contributed by atoms with Crippen LogP contribution in [0.1, 0.15) is 31.9 Å². The molecule has 2 rings (SSSR count). The quantitative estimate of drug-likeness (QED) is 0.855. The molecule has 1 N–H and O–H groups in total.